The molecule has 0 spiro atoms. The first-order chi connectivity index (χ1) is 6.74. The van der Waals surface area contributed by atoms with E-state index in [2.05, 4.69) is 17.1 Å². The third kappa shape index (κ3) is 2.47. The van der Waals surface area contributed by atoms with Gasteiger partial charge in [0.25, 0.3) is 0 Å². The van der Waals surface area contributed by atoms with Crippen molar-refractivity contribution in [1.29, 1.82) is 0 Å². The van der Waals surface area contributed by atoms with Crippen LogP contribution in [0.5, 0.6) is 0 Å². The fraction of sp³-hybridized carbons (Fsp3) is 0.909. The molecule has 1 N–H and O–H groups in total. The Hall–Kier alpha value is -0.570. The van der Waals surface area contributed by atoms with E-state index in [-0.39, 0.29) is 5.91 Å². The van der Waals surface area contributed by atoms with Crippen molar-refractivity contribution in [3.05, 3.63) is 0 Å². The van der Waals surface area contributed by atoms with Crippen LogP contribution in [0.3, 0.4) is 0 Å². The van der Waals surface area contributed by atoms with Crippen LogP contribution in [0.25, 0.3) is 0 Å². The van der Waals surface area contributed by atoms with Gasteiger partial charge in [-0.25, -0.2) is 0 Å². The smallest absolute Gasteiger partial charge is 0.220 e. The molecule has 0 bridgehead atoms. The van der Waals surface area contributed by atoms with Crippen LogP contribution in [-0.2, 0) is 4.79 Å². The number of likely N-dealkylation sites (tertiary alicyclic amines) is 1. The van der Waals surface area contributed by atoms with Crippen molar-refractivity contribution < 1.29 is 4.79 Å². The molecule has 1 amide bonds. The molecule has 14 heavy (non-hydrogen) atoms. The first-order valence-electron chi connectivity index (χ1n) is 5.76. The van der Waals surface area contributed by atoms with Crippen molar-refractivity contribution in [1.82, 2.24) is 10.2 Å². The summed E-state index contributed by atoms with van der Waals surface area (Å²) in [6.45, 7) is 5.83. The number of carbonyl (C=O) groups excluding carboxylic acids is 1. The summed E-state index contributed by atoms with van der Waals surface area (Å²) < 4.78 is 0. The number of rotatable bonds is 2. The number of nitrogens with one attached hydrogen (secondary N) is 1. The van der Waals surface area contributed by atoms with Crippen LogP contribution in [0, 0.1) is 5.92 Å². The minimum atomic E-state index is 0.236. The van der Waals surface area contributed by atoms with Gasteiger partial charge in [0.15, 0.2) is 0 Å². The number of hydrogen-bond acceptors (Lipinski definition) is 2. The molecule has 2 fully saturated rings. The monoisotopic (exact) mass is 196 g/mol. The molecule has 3 nitrogen and oxygen atoms in total. The van der Waals surface area contributed by atoms with Crippen LogP contribution in [-0.4, -0.2) is 36.5 Å². The molecular formula is C11H20N2O. The molecule has 2 rings (SSSR count). The SMILES string of the molecule is CC1CCN(C[C@@H]2CCC(=O)N2)CC1. The van der Waals surface area contributed by atoms with E-state index in [1.165, 1.54) is 25.9 Å². The van der Waals surface area contributed by atoms with Gasteiger partial charge in [0, 0.05) is 19.0 Å². The highest BCUT2D eigenvalue weighted by atomic mass is 16.1. The summed E-state index contributed by atoms with van der Waals surface area (Å²) in [6.07, 6.45) is 4.40. The topological polar surface area (TPSA) is 32.3 Å². The van der Waals surface area contributed by atoms with Gasteiger partial charge in [-0.3, -0.25) is 4.79 Å². The van der Waals surface area contributed by atoms with Crippen molar-refractivity contribution >= 4 is 5.91 Å². The quantitative estimate of drug-likeness (QED) is 0.714. The van der Waals surface area contributed by atoms with Gasteiger partial charge in [0.2, 0.25) is 5.91 Å². The Balaban J connectivity index is 1.72. The van der Waals surface area contributed by atoms with Crippen LogP contribution in [0.2, 0.25) is 0 Å². The second-order valence-corrected chi connectivity index (χ2v) is 4.79. The molecule has 0 saturated carbocycles. The zero-order valence-electron chi connectivity index (χ0n) is 8.96. The van der Waals surface area contributed by atoms with Crippen molar-refractivity contribution in [2.24, 2.45) is 5.92 Å². The summed E-state index contributed by atoms with van der Waals surface area (Å²) >= 11 is 0. The number of hydrogen-bond donors (Lipinski definition) is 1. The second-order valence-electron chi connectivity index (χ2n) is 4.79. The predicted octanol–water partition coefficient (Wildman–Crippen LogP) is 0.997. The van der Waals surface area contributed by atoms with Gasteiger partial charge in [-0.2, -0.15) is 0 Å². The average Bonchev–Trinajstić information content (AvgIpc) is 2.56. The molecule has 3 heteroatoms. The van der Waals surface area contributed by atoms with Gasteiger partial charge in [-0.15, -0.1) is 0 Å². The lowest BCUT2D eigenvalue weighted by atomic mass is 9.99. The molecule has 0 aromatic heterocycles. The molecule has 0 aromatic rings. The minimum absolute atomic E-state index is 0.236. The van der Waals surface area contributed by atoms with Crippen molar-refractivity contribution in [2.45, 2.75) is 38.6 Å². The zero-order chi connectivity index (χ0) is 9.97. The first kappa shape index (κ1) is 9.97. The fourth-order valence-corrected chi connectivity index (χ4v) is 2.37. The largest absolute Gasteiger partial charge is 0.352 e. The third-order valence-electron chi connectivity index (χ3n) is 3.44. The molecule has 2 saturated heterocycles. The van der Waals surface area contributed by atoms with Crippen molar-refractivity contribution in [3.63, 3.8) is 0 Å². The van der Waals surface area contributed by atoms with E-state index in [1.54, 1.807) is 0 Å². The van der Waals surface area contributed by atoms with E-state index >= 15 is 0 Å². The maximum atomic E-state index is 11.0. The van der Waals surface area contributed by atoms with E-state index in [0.29, 0.717) is 6.04 Å². The number of carbonyl (C=O) groups is 1. The van der Waals surface area contributed by atoms with E-state index < -0.39 is 0 Å². The number of piperidine rings is 1. The molecule has 1 atom stereocenters. The van der Waals surface area contributed by atoms with Gasteiger partial charge in [0.1, 0.15) is 0 Å². The van der Waals surface area contributed by atoms with Gasteiger partial charge in [-0.1, -0.05) is 6.92 Å². The van der Waals surface area contributed by atoms with Crippen LogP contribution >= 0.6 is 0 Å². The molecule has 2 aliphatic rings. The highest BCUT2D eigenvalue weighted by Crippen LogP contribution is 2.17. The van der Waals surface area contributed by atoms with E-state index in [1.807, 2.05) is 0 Å². The Bertz CT molecular complexity index is 209. The summed E-state index contributed by atoms with van der Waals surface area (Å²) in [4.78, 5) is 13.5. The van der Waals surface area contributed by atoms with E-state index in [0.717, 1.165) is 25.3 Å². The standard InChI is InChI=1S/C11H20N2O/c1-9-4-6-13(7-5-9)8-10-2-3-11(14)12-10/h9-10H,2-8H2,1H3,(H,12,14)/t10-/m0/s1. The van der Waals surface area contributed by atoms with Gasteiger partial charge >= 0.3 is 0 Å². The molecule has 0 aromatic carbocycles. The Kier molecular flexibility index (Phi) is 3.06. The molecular weight excluding hydrogens is 176 g/mol. The summed E-state index contributed by atoms with van der Waals surface area (Å²) in [5.41, 5.74) is 0. The van der Waals surface area contributed by atoms with Gasteiger partial charge < -0.3 is 10.2 Å². The maximum absolute atomic E-state index is 11.0. The molecule has 0 radical (unpaired) electrons. The Morgan fingerprint density at radius 3 is 2.64 bits per heavy atom. The fourth-order valence-electron chi connectivity index (χ4n) is 2.37. The number of amides is 1. The van der Waals surface area contributed by atoms with Crippen molar-refractivity contribution in [2.75, 3.05) is 19.6 Å². The second kappa shape index (κ2) is 4.30. The first-order valence-corrected chi connectivity index (χ1v) is 5.76. The van der Waals surface area contributed by atoms with E-state index in [9.17, 15) is 4.79 Å². The Morgan fingerprint density at radius 2 is 2.07 bits per heavy atom. The van der Waals surface area contributed by atoms with Crippen molar-refractivity contribution in [3.8, 4) is 0 Å². The third-order valence-corrected chi connectivity index (χ3v) is 3.44. The van der Waals surface area contributed by atoms with Crippen LogP contribution < -0.4 is 5.32 Å². The predicted molar refractivity (Wildman–Crippen MR) is 56.0 cm³/mol. The zero-order valence-corrected chi connectivity index (χ0v) is 8.96. The molecule has 2 heterocycles. The highest BCUT2D eigenvalue weighted by molar-refractivity contribution is 5.78. The highest BCUT2D eigenvalue weighted by Gasteiger charge is 2.24. The lowest BCUT2D eigenvalue weighted by molar-refractivity contribution is -0.119. The lowest BCUT2D eigenvalue weighted by Gasteiger charge is -2.31. The summed E-state index contributed by atoms with van der Waals surface area (Å²) in [7, 11) is 0. The molecule has 0 aliphatic carbocycles. The minimum Gasteiger partial charge on any atom is -0.352 e. The van der Waals surface area contributed by atoms with Gasteiger partial charge in [0.05, 0.1) is 0 Å². The van der Waals surface area contributed by atoms with Crippen LogP contribution in [0.1, 0.15) is 32.6 Å². The summed E-state index contributed by atoms with van der Waals surface area (Å²) in [6, 6.07) is 0.427. The van der Waals surface area contributed by atoms with Gasteiger partial charge in [-0.05, 0) is 38.3 Å². The maximum Gasteiger partial charge on any atom is 0.220 e. The van der Waals surface area contributed by atoms with Crippen LogP contribution in [0.4, 0.5) is 0 Å². The van der Waals surface area contributed by atoms with Crippen LogP contribution in [0.15, 0.2) is 0 Å². The molecule has 2 aliphatic heterocycles. The normalized spacial score (nSPS) is 30.6. The molecule has 80 valence electrons. The average molecular weight is 196 g/mol. The Morgan fingerprint density at radius 1 is 1.36 bits per heavy atom. The summed E-state index contributed by atoms with van der Waals surface area (Å²) in [5.74, 6) is 1.13. The Labute approximate surface area is 85.8 Å². The number of nitrogens with zero attached hydrogens (tertiary/aromatic N) is 1. The summed E-state index contributed by atoms with van der Waals surface area (Å²) in [5, 5.41) is 3.03. The molecule has 0 unspecified atom stereocenters. The lowest BCUT2D eigenvalue weighted by Crippen LogP contribution is -2.42. The van der Waals surface area contributed by atoms with E-state index in [4.69, 9.17) is 0 Å².